The van der Waals surface area contributed by atoms with Gasteiger partial charge in [-0.25, -0.2) is 4.79 Å². The number of aromatic carboxylic acids is 1. The molecule has 0 aromatic carbocycles. The van der Waals surface area contributed by atoms with Gasteiger partial charge in [-0.05, 0) is 6.07 Å². The van der Waals surface area contributed by atoms with Crippen molar-refractivity contribution in [2.75, 3.05) is 7.11 Å². The fourth-order valence-electron chi connectivity index (χ4n) is 0.804. The summed E-state index contributed by atoms with van der Waals surface area (Å²) < 4.78 is 4.80. The molecule has 0 fully saturated rings. The van der Waals surface area contributed by atoms with Crippen LogP contribution in [0, 0.1) is 0 Å². The van der Waals surface area contributed by atoms with Gasteiger partial charge in [0.2, 0.25) is 0 Å². The van der Waals surface area contributed by atoms with Crippen LogP contribution in [0.2, 0.25) is 0 Å². The number of aromatic amines is 1. The molecule has 0 bridgehead atoms. The maximum absolute atomic E-state index is 10.4. The summed E-state index contributed by atoms with van der Waals surface area (Å²) in [7, 11) is 1.56. The highest BCUT2D eigenvalue weighted by molar-refractivity contribution is 5.87. The van der Waals surface area contributed by atoms with Crippen molar-refractivity contribution in [3.8, 4) is 0 Å². The van der Waals surface area contributed by atoms with E-state index in [0.29, 0.717) is 6.61 Å². The zero-order valence-corrected chi connectivity index (χ0v) is 6.13. The van der Waals surface area contributed by atoms with E-state index in [1.165, 1.54) is 6.20 Å². The van der Waals surface area contributed by atoms with Crippen molar-refractivity contribution in [2.45, 2.75) is 6.61 Å². The third kappa shape index (κ3) is 1.81. The third-order valence-electron chi connectivity index (χ3n) is 1.29. The molecule has 0 aliphatic rings. The molecule has 1 rings (SSSR count). The first-order valence-electron chi connectivity index (χ1n) is 3.13. The molecule has 0 unspecified atom stereocenters. The lowest BCUT2D eigenvalue weighted by Crippen LogP contribution is -1.92. The molecule has 2 N–H and O–H groups in total. The van der Waals surface area contributed by atoms with Crippen LogP contribution in [-0.2, 0) is 11.3 Å². The highest BCUT2D eigenvalue weighted by Gasteiger charge is 2.04. The molecule has 1 aromatic heterocycles. The maximum atomic E-state index is 10.4. The predicted octanol–water partition coefficient (Wildman–Crippen LogP) is 0.859. The number of rotatable bonds is 3. The van der Waals surface area contributed by atoms with Crippen molar-refractivity contribution < 1.29 is 14.6 Å². The van der Waals surface area contributed by atoms with Gasteiger partial charge in [-0.3, -0.25) is 0 Å². The second-order valence-corrected chi connectivity index (χ2v) is 2.15. The van der Waals surface area contributed by atoms with Crippen LogP contribution >= 0.6 is 0 Å². The first-order chi connectivity index (χ1) is 5.24. The number of methoxy groups -OCH3 is 1. The van der Waals surface area contributed by atoms with Crippen LogP contribution in [0.4, 0.5) is 0 Å². The number of ether oxygens (including phenoxy) is 1. The average Bonchev–Trinajstić information content (AvgIpc) is 2.37. The van der Waals surface area contributed by atoms with E-state index < -0.39 is 5.97 Å². The minimum atomic E-state index is -0.927. The highest BCUT2D eigenvalue weighted by atomic mass is 16.5. The standard InChI is InChI=1S/C7H9NO3/c1-11-4-6-2-5(3-8-6)7(9)10/h2-3,8H,4H2,1H3,(H,9,10). The second kappa shape index (κ2) is 3.21. The fraction of sp³-hybridized carbons (Fsp3) is 0.286. The van der Waals surface area contributed by atoms with E-state index in [9.17, 15) is 4.79 Å². The average molecular weight is 155 g/mol. The van der Waals surface area contributed by atoms with E-state index in [0.717, 1.165) is 5.69 Å². The molecule has 0 radical (unpaired) electrons. The molecule has 0 aliphatic carbocycles. The molecule has 0 saturated carbocycles. The molecule has 4 heteroatoms. The molecule has 0 spiro atoms. The summed E-state index contributed by atoms with van der Waals surface area (Å²) in [5.74, 6) is -0.927. The lowest BCUT2D eigenvalue weighted by Gasteiger charge is -1.90. The molecular formula is C7H9NO3. The van der Waals surface area contributed by atoms with Crippen molar-refractivity contribution in [1.82, 2.24) is 4.98 Å². The van der Waals surface area contributed by atoms with Crippen LogP contribution < -0.4 is 0 Å². The summed E-state index contributed by atoms with van der Waals surface area (Å²) >= 11 is 0. The van der Waals surface area contributed by atoms with Gasteiger partial charge in [0.05, 0.1) is 12.2 Å². The van der Waals surface area contributed by atoms with Gasteiger partial charge < -0.3 is 14.8 Å². The summed E-state index contributed by atoms with van der Waals surface area (Å²) in [5, 5.41) is 8.51. The smallest absolute Gasteiger partial charge is 0.337 e. The van der Waals surface area contributed by atoms with E-state index in [-0.39, 0.29) is 5.56 Å². The van der Waals surface area contributed by atoms with Gasteiger partial charge in [0, 0.05) is 19.0 Å². The molecule has 0 atom stereocenters. The van der Waals surface area contributed by atoms with Crippen LogP contribution in [0.5, 0.6) is 0 Å². The van der Waals surface area contributed by atoms with E-state index in [4.69, 9.17) is 9.84 Å². The Morgan fingerprint density at radius 1 is 1.82 bits per heavy atom. The van der Waals surface area contributed by atoms with Crippen LogP contribution in [-0.4, -0.2) is 23.2 Å². The van der Waals surface area contributed by atoms with Gasteiger partial charge in [0.1, 0.15) is 0 Å². The van der Waals surface area contributed by atoms with Gasteiger partial charge in [0.25, 0.3) is 0 Å². The second-order valence-electron chi connectivity index (χ2n) is 2.15. The molecule has 1 aromatic rings. The van der Waals surface area contributed by atoms with E-state index >= 15 is 0 Å². The number of aromatic nitrogens is 1. The van der Waals surface area contributed by atoms with Gasteiger partial charge in [0.15, 0.2) is 0 Å². The SMILES string of the molecule is COCc1cc(C(=O)O)c[nH]1. The van der Waals surface area contributed by atoms with Crippen molar-refractivity contribution in [2.24, 2.45) is 0 Å². The summed E-state index contributed by atoms with van der Waals surface area (Å²) in [6.45, 7) is 0.410. The number of carboxylic acid groups (broad SMARTS) is 1. The Morgan fingerprint density at radius 3 is 3.00 bits per heavy atom. The summed E-state index contributed by atoms with van der Waals surface area (Å²) in [4.78, 5) is 13.1. The lowest BCUT2D eigenvalue weighted by atomic mass is 10.3. The number of hydrogen-bond acceptors (Lipinski definition) is 2. The van der Waals surface area contributed by atoms with Crippen LogP contribution in [0.3, 0.4) is 0 Å². The minimum Gasteiger partial charge on any atom is -0.478 e. The van der Waals surface area contributed by atoms with Gasteiger partial charge in [-0.1, -0.05) is 0 Å². The van der Waals surface area contributed by atoms with E-state index in [2.05, 4.69) is 4.98 Å². The molecule has 0 aliphatic heterocycles. The minimum absolute atomic E-state index is 0.261. The zero-order chi connectivity index (χ0) is 8.27. The summed E-state index contributed by atoms with van der Waals surface area (Å²) in [5.41, 5.74) is 1.03. The summed E-state index contributed by atoms with van der Waals surface area (Å²) in [6, 6.07) is 1.55. The number of H-pyrrole nitrogens is 1. The first-order valence-corrected chi connectivity index (χ1v) is 3.13. The van der Waals surface area contributed by atoms with Crippen LogP contribution in [0.25, 0.3) is 0 Å². The fourth-order valence-corrected chi connectivity index (χ4v) is 0.804. The molecule has 60 valence electrons. The molecule has 0 saturated heterocycles. The van der Waals surface area contributed by atoms with Crippen LogP contribution in [0.15, 0.2) is 12.3 Å². The van der Waals surface area contributed by atoms with Gasteiger partial charge in [-0.15, -0.1) is 0 Å². The highest BCUT2D eigenvalue weighted by Crippen LogP contribution is 2.03. The van der Waals surface area contributed by atoms with Crippen molar-refractivity contribution in [3.05, 3.63) is 23.5 Å². The Hall–Kier alpha value is -1.29. The molecule has 4 nitrogen and oxygen atoms in total. The molecule has 11 heavy (non-hydrogen) atoms. The van der Waals surface area contributed by atoms with Crippen molar-refractivity contribution >= 4 is 5.97 Å². The monoisotopic (exact) mass is 155 g/mol. The van der Waals surface area contributed by atoms with Crippen LogP contribution in [0.1, 0.15) is 16.1 Å². The number of hydrogen-bond donors (Lipinski definition) is 2. The van der Waals surface area contributed by atoms with Gasteiger partial charge in [-0.2, -0.15) is 0 Å². The molecular weight excluding hydrogens is 146 g/mol. The van der Waals surface area contributed by atoms with Crippen molar-refractivity contribution in [3.63, 3.8) is 0 Å². The van der Waals surface area contributed by atoms with E-state index in [1.54, 1.807) is 13.2 Å². The largest absolute Gasteiger partial charge is 0.478 e. The quantitative estimate of drug-likeness (QED) is 0.680. The Kier molecular flexibility index (Phi) is 2.28. The Bertz CT molecular complexity index is 254. The summed E-state index contributed by atoms with van der Waals surface area (Å²) in [6.07, 6.45) is 1.44. The third-order valence-corrected chi connectivity index (χ3v) is 1.29. The lowest BCUT2D eigenvalue weighted by molar-refractivity contribution is 0.0697. The van der Waals surface area contributed by atoms with Gasteiger partial charge >= 0.3 is 5.97 Å². The normalized spacial score (nSPS) is 9.91. The number of carboxylic acids is 1. The Morgan fingerprint density at radius 2 is 2.55 bits per heavy atom. The Labute approximate surface area is 63.8 Å². The molecule has 1 heterocycles. The maximum Gasteiger partial charge on any atom is 0.337 e. The first kappa shape index (κ1) is 7.81. The Balaban J connectivity index is 2.73. The number of nitrogens with one attached hydrogen (secondary N) is 1. The predicted molar refractivity (Wildman–Crippen MR) is 38.5 cm³/mol. The zero-order valence-electron chi connectivity index (χ0n) is 6.13. The topological polar surface area (TPSA) is 62.3 Å². The van der Waals surface area contributed by atoms with Crippen molar-refractivity contribution in [1.29, 1.82) is 0 Å². The van der Waals surface area contributed by atoms with E-state index in [1.807, 2.05) is 0 Å². The number of carbonyl (C=O) groups is 1. The molecule has 0 amide bonds.